The van der Waals surface area contributed by atoms with Crippen LogP contribution in [0.2, 0.25) is 0 Å². The summed E-state index contributed by atoms with van der Waals surface area (Å²) >= 11 is 7.51. The molecule has 84 valence electrons. The van der Waals surface area contributed by atoms with Crippen LogP contribution in [0.25, 0.3) is 0 Å². The number of halogens is 1. The first kappa shape index (κ1) is 11.4. The van der Waals surface area contributed by atoms with Crippen LogP contribution >= 0.6 is 22.9 Å². The molecule has 0 unspecified atom stereocenters. The van der Waals surface area contributed by atoms with Crippen molar-refractivity contribution in [3.63, 3.8) is 0 Å². The Bertz CT molecular complexity index is 272. The molecule has 0 aromatic carbocycles. The maximum Gasteiger partial charge on any atom is 0.0794 e. The highest BCUT2D eigenvalue weighted by atomic mass is 35.5. The SMILES string of the molecule is ClCCCN(Cc1cncs1)C1CCC1. The number of hydrogen-bond acceptors (Lipinski definition) is 3. The van der Waals surface area contributed by atoms with E-state index in [1.165, 1.54) is 24.1 Å². The van der Waals surface area contributed by atoms with E-state index >= 15 is 0 Å². The Balaban J connectivity index is 1.86. The van der Waals surface area contributed by atoms with Crippen molar-refractivity contribution in [3.8, 4) is 0 Å². The van der Waals surface area contributed by atoms with Crippen molar-refractivity contribution in [1.82, 2.24) is 9.88 Å². The molecule has 2 rings (SSSR count). The maximum atomic E-state index is 5.76. The molecule has 0 atom stereocenters. The lowest BCUT2D eigenvalue weighted by Crippen LogP contribution is -2.40. The first-order valence-corrected chi connectivity index (χ1v) is 6.99. The second kappa shape index (κ2) is 5.83. The summed E-state index contributed by atoms with van der Waals surface area (Å²) in [6.45, 7) is 2.19. The number of alkyl halides is 1. The smallest absolute Gasteiger partial charge is 0.0794 e. The average molecular weight is 245 g/mol. The highest BCUT2D eigenvalue weighted by molar-refractivity contribution is 7.09. The van der Waals surface area contributed by atoms with Crippen molar-refractivity contribution in [2.75, 3.05) is 12.4 Å². The van der Waals surface area contributed by atoms with E-state index in [-0.39, 0.29) is 0 Å². The maximum absolute atomic E-state index is 5.76. The van der Waals surface area contributed by atoms with E-state index in [9.17, 15) is 0 Å². The van der Waals surface area contributed by atoms with Gasteiger partial charge < -0.3 is 0 Å². The Morgan fingerprint density at radius 2 is 2.40 bits per heavy atom. The largest absolute Gasteiger partial charge is 0.295 e. The van der Waals surface area contributed by atoms with Crippen LogP contribution in [0.15, 0.2) is 11.7 Å². The number of aromatic nitrogens is 1. The van der Waals surface area contributed by atoms with Crippen LogP contribution in [0.4, 0.5) is 0 Å². The third kappa shape index (κ3) is 3.16. The van der Waals surface area contributed by atoms with Gasteiger partial charge in [-0.15, -0.1) is 22.9 Å². The van der Waals surface area contributed by atoms with E-state index < -0.39 is 0 Å². The normalized spacial score (nSPS) is 16.9. The second-order valence-corrected chi connectivity index (χ2v) is 5.41. The average Bonchev–Trinajstić information content (AvgIpc) is 2.64. The van der Waals surface area contributed by atoms with Crippen LogP contribution in [-0.4, -0.2) is 28.4 Å². The van der Waals surface area contributed by atoms with Gasteiger partial charge in [0.2, 0.25) is 0 Å². The zero-order valence-corrected chi connectivity index (χ0v) is 10.4. The third-order valence-corrected chi connectivity index (χ3v) is 4.04. The van der Waals surface area contributed by atoms with E-state index in [2.05, 4.69) is 9.88 Å². The minimum absolute atomic E-state index is 0.770. The van der Waals surface area contributed by atoms with E-state index in [4.69, 9.17) is 11.6 Å². The summed E-state index contributed by atoms with van der Waals surface area (Å²) in [6, 6.07) is 0.801. The minimum Gasteiger partial charge on any atom is -0.295 e. The van der Waals surface area contributed by atoms with Gasteiger partial charge in [-0.25, -0.2) is 0 Å². The molecule has 0 aliphatic heterocycles. The molecule has 0 saturated heterocycles. The van der Waals surface area contributed by atoms with Gasteiger partial charge in [0.15, 0.2) is 0 Å². The lowest BCUT2D eigenvalue weighted by Gasteiger charge is -2.37. The monoisotopic (exact) mass is 244 g/mol. The second-order valence-electron chi connectivity index (χ2n) is 4.07. The van der Waals surface area contributed by atoms with E-state index in [0.717, 1.165) is 31.4 Å². The summed E-state index contributed by atoms with van der Waals surface area (Å²) in [5.74, 6) is 0.770. The Kier molecular flexibility index (Phi) is 4.42. The number of nitrogens with zero attached hydrogens (tertiary/aromatic N) is 2. The summed E-state index contributed by atoms with van der Waals surface area (Å²) in [7, 11) is 0. The van der Waals surface area contributed by atoms with Gasteiger partial charge in [-0.1, -0.05) is 6.42 Å². The van der Waals surface area contributed by atoms with Gasteiger partial charge in [-0.05, 0) is 25.8 Å². The molecule has 1 aromatic rings. The highest BCUT2D eigenvalue weighted by Gasteiger charge is 2.24. The van der Waals surface area contributed by atoms with Gasteiger partial charge in [0.25, 0.3) is 0 Å². The van der Waals surface area contributed by atoms with Crippen molar-refractivity contribution < 1.29 is 0 Å². The molecule has 2 nitrogen and oxygen atoms in total. The van der Waals surface area contributed by atoms with Crippen molar-refractivity contribution >= 4 is 22.9 Å². The molecule has 1 heterocycles. The van der Waals surface area contributed by atoms with Crippen LogP contribution in [-0.2, 0) is 6.54 Å². The lowest BCUT2D eigenvalue weighted by molar-refractivity contribution is 0.121. The third-order valence-electron chi connectivity index (χ3n) is 3.01. The molecule has 15 heavy (non-hydrogen) atoms. The van der Waals surface area contributed by atoms with Crippen molar-refractivity contribution in [2.45, 2.75) is 38.3 Å². The van der Waals surface area contributed by atoms with Crippen LogP contribution < -0.4 is 0 Å². The molecule has 0 amide bonds. The summed E-state index contributed by atoms with van der Waals surface area (Å²) in [6.07, 6.45) is 7.20. The van der Waals surface area contributed by atoms with Crippen molar-refractivity contribution in [2.24, 2.45) is 0 Å². The Labute approximate surface area is 100 Å². The molecule has 1 aromatic heterocycles. The molecule has 1 fully saturated rings. The molecular weight excluding hydrogens is 228 g/mol. The standard InChI is InChI=1S/C11H17ClN2S/c12-5-2-6-14(10-3-1-4-10)8-11-7-13-9-15-11/h7,9-10H,1-6,8H2. The quantitative estimate of drug-likeness (QED) is 0.715. The van der Waals surface area contributed by atoms with Crippen LogP contribution in [0.1, 0.15) is 30.6 Å². The van der Waals surface area contributed by atoms with Gasteiger partial charge in [0, 0.05) is 29.5 Å². The van der Waals surface area contributed by atoms with Crippen LogP contribution in [0, 0.1) is 0 Å². The molecule has 4 heteroatoms. The predicted molar refractivity (Wildman–Crippen MR) is 65.5 cm³/mol. The van der Waals surface area contributed by atoms with Gasteiger partial charge in [-0.2, -0.15) is 0 Å². The Morgan fingerprint density at radius 3 is 2.93 bits per heavy atom. The van der Waals surface area contributed by atoms with Crippen LogP contribution in [0.3, 0.4) is 0 Å². The van der Waals surface area contributed by atoms with Gasteiger partial charge >= 0.3 is 0 Å². The Hall–Kier alpha value is -0.120. The predicted octanol–water partition coefficient (Wildman–Crippen LogP) is 3.13. The van der Waals surface area contributed by atoms with Gasteiger partial charge in [0.05, 0.1) is 5.51 Å². The van der Waals surface area contributed by atoms with Crippen molar-refractivity contribution in [1.29, 1.82) is 0 Å². The summed E-state index contributed by atoms with van der Waals surface area (Å²) in [4.78, 5) is 8.07. The molecule has 0 bridgehead atoms. The molecular formula is C11H17ClN2S. The number of thiazole rings is 1. The van der Waals surface area contributed by atoms with E-state index in [0.29, 0.717) is 0 Å². The van der Waals surface area contributed by atoms with E-state index in [1.54, 1.807) is 11.3 Å². The molecule has 0 spiro atoms. The zero-order valence-electron chi connectivity index (χ0n) is 8.86. The molecule has 1 aliphatic rings. The molecule has 0 radical (unpaired) electrons. The van der Waals surface area contributed by atoms with Crippen molar-refractivity contribution in [3.05, 3.63) is 16.6 Å². The number of rotatable bonds is 6. The lowest BCUT2D eigenvalue weighted by atomic mass is 9.91. The zero-order chi connectivity index (χ0) is 10.5. The highest BCUT2D eigenvalue weighted by Crippen LogP contribution is 2.26. The van der Waals surface area contributed by atoms with Gasteiger partial charge in [-0.3, -0.25) is 9.88 Å². The first-order chi connectivity index (χ1) is 7.40. The summed E-state index contributed by atoms with van der Waals surface area (Å²) in [5.41, 5.74) is 1.91. The molecule has 1 aliphatic carbocycles. The number of hydrogen-bond donors (Lipinski definition) is 0. The van der Waals surface area contributed by atoms with Crippen LogP contribution in [0.5, 0.6) is 0 Å². The summed E-state index contributed by atoms with van der Waals surface area (Å²) < 4.78 is 0. The minimum atomic E-state index is 0.770. The fraction of sp³-hybridized carbons (Fsp3) is 0.727. The molecule has 0 N–H and O–H groups in total. The van der Waals surface area contributed by atoms with E-state index in [1.807, 2.05) is 11.7 Å². The molecule has 1 saturated carbocycles. The summed E-state index contributed by atoms with van der Waals surface area (Å²) in [5, 5.41) is 0. The fourth-order valence-corrected chi connectivity index (χ4v) is 2.66. The Morgan fingerprint density at radius 1 is 1.53 bits per heavy atom. The first-order valence-electron chi connectivity index (χ1n) is 5.57. The van der Waals surface area contributed by atoms with Gasteiger partial charge in [0.1, 0.15) is 0 Å². The topological polar surface area (TPSA) is 16.1 Å². The fourth-order valence-electron chi connectivity index (χ4n) is 1.93.